The van der Waals surface area contributed by atoms with E-state index in [-0.39, 0.29) is 11.9 Å². The first-order valence-electron chi connectivity index (χ1n) is 10.7. The third-order valence-corrected chi connectivity index (χ3v) is 6.98. The van der Waals surface area contributed by atoms with Crippen LogP contribution in [0.15, 0.2) is 40.4 Å². The number of pyridine rings is 2. The van der Waals surface area contributed by atoms with Crippen LogP contribution in [-0.2, 0) is 4.74 Å². The maximum absolute atomic E-state index is 13.0. The van der Waals surface area contributed by atoms with Gasteiger partial charge in [0, 0.05) is 30.7 Å². The number of aromatic nitrogens is 2. The number of carbonyl (C=O) groups is 2. The maximum Gasteiger partial charge on any atom is 0.407 e. The number of amides is 2. The minimum atomic E-state index is -0.545. The summed E-state index contributed by atoms with van der Waals surface area (Å²) in [6.45, 7) is 6.95. The zero-order chi connectivity index (χ0) is 23.6. The number of ether oxygens (including phenoxy) is 1. The van der Waals surface area contributed by atoms with Crippen LogP contribution in [0.5, 0.6) is 0 Å². The van der Waals surface area contributed by atoms with Gasteiger partial charge in [-0.05, 0) is 67.7 Å². The summed E-state index contributed by atoms with van der Waals surface area (Å²) in [5.41, 5.74) is 2.01. The number of nitrogens with zero attached hydrogens (tertiary/aromatic N) is 3. The fourth-order valence-electron chi connectivity index (χ4n) is 3.74. The monoisotopic (exact) mass is 531 g/mol. The highest BCUT2D eigenvalue weighted by Gasteiger charge is 2.26. The van der Waals surface area contributed by atoms with E-state index in [0.29, 0.717) is 17.9 Å². The lowest BCUT2D eigenvalue weighted by atomic mass is 10.0. The molecular weight excluding hydrogens is 506 g/mol. The summed E-state index contributed by atoms with van der Waals surface area (Å²) in [6, 6.07) is 5.44. The number of anilines is 2. The van der Waals surface area contributed by atoms with Crippen LogP contribution in [0.1, 0.15) is 44.1 Å². The van der Waals surface area contributed by atoms with Crippen LogP contribution in [0.25, 0.3) is 10.2 Å². The summed E-state index contributed by atoms with van der Waals surface area (Å²) in [6.07, 6.45) is 4.68. The second-order valence-corrected chi connectivity index (χ2v) is 10.7. The van der Waals surface area contributed by atoms with E-state index in [9.17, 15) is 9.59 Å². The highest BCUT2D eigenvalue weighted by atomic mass is 79.9. The van der Waals surface area contributed by atoms with Crippen LogP contribution in [-0.4, -0.2) is 46.7 Å². The van der Waals surface area contributed by atoms with Gasteiger partial charge in [-0.1, -0.05) is 0 Å². The molecule has 0 saturated carbocycles. The summed E-state index contributed by atoms with van der Waals surface area (Å²) in [5.74, 6) is -0.301. The van der Waals surface area contributed by atoms with Gasteiger partial charge in [-0.2, -0.15) is 0 Å². The SMILES string of the molecule is CC(C)(C)OC(=O)NC1CCCN(c2ccncc2NC(=O)c2ccc3scc(Br)c3n2)C1. The number of thiophene rings is 1. The fraction of sp³-hybridized carbons (Fsp3) is 0.391. The minimum absolute atomic E-state index is 0.0506. The van der Waals surface area contributed by atoms with E-state index >= 15 is 0 Å². The Balaban J connectivity index is 1.48. The van der Waals surface area contributed by atoms with Crippen molar-refractivity contribution in [3.63, 3.8) is 0 Å². The first kappa shape index (κ1) is 23.4. The Hall–Kier alpha value is -2.72. The number of alkyl carbamates (subject to hydrolysis) is 1. The molecular formula is C23H26BrN5O3S. The molecule has 33 heavy (non-hydrogen) atoms. The standard InChI is InChI=1S/C23H26BrN5O3S/c1-23(2,3)32-22(31)26-14-5-4-10-29(12-14)18-8-9-25-11-17(18)28-21(30)16-6-7-19-20(27-16)15(24)13-33-19/h6-9,11,13-14H,4-5,10,12H2,1-3H3,(H,26,31)(H,28,30). The number of nitrogens with one attached hydrogen (secondary N) is 2. The summed E-state index contributed by atoms with van der Waals surface area (Å²) in [7, 11) is 0. The quantitative estimate of drug-likeness (QED) is 0.480. The molecule has 2 amide bonds. The molecule has 4 rings (SSSR count). The van der Waals surface area contributed by atoms with Gasteiger partial charge in [0.2, 0.25) is 0 Å². The molecule has 3 aromatic heterocycles. The van der Waals surface area contributed by atoms with E-state index in [4.69, 9.17) is 4.74 Å². The number of hydrogen-bond donors (Lipinski definition) is 2. The summed E-state index contributed by atoms with van der Waals surface area (Å²) >= 11 is 5.05. The number of hydrogen-bond acceptors (Lipinski definition) is 7. The van der Waals surface area contributed by atoms with Gasteiger partial charge in [0.1, 0.15) is 11.3 Å². The number of piperidine rings is 1. The number of fused-ring (bicyclic) bond motifs is 1. The summed E-state index contributed by atoms with van der Waals surface area (Å²) in [5, 5.41) is 7.87. The molecule has 1 fully saturated rings. The van der Waals surface area contributed by atoms with Crippen molar-refractivity contribution in [3.8, 4) is 0 Å². The van der Waals surface area contributed by atoms with Crippen LogP contribution in [0.2, 0.25) is 0 Å². The van der Waals surface area contributed by atoms with Crippen molar-refractivity contribution in [2.45, 2.75) is 45.3 Å². The van der Waals surface area contributed by atoms with E-state index in [1.807, 2.05) is 38.3 Å². The van der Waals surface area contributed by atoms with Crippen molar-refractivity contribution in [1.29, 1.82) is 0 Å². The molecule has 174 valence electrons. The molecule has 8 nitrogen and oxygen atoms in total. The zero-order valence-corrected chi connectivity index (χ0v) is 21.1. The van der Waals surface area contributed by atoms with Crippen LogP contribution in [0, 0.1) is 0 Å². The van der Waals surface area contributed by atoms with E-state index < -0.39 is 11.7 Å². The zero-order valence-electron chi connectivity index (χ0n) is 18.7. The normalized spacial score (nSPS) is 16.5. The minimum Gasteiger partial charge on any atom is -0.444 e. The van der Waals surface area contributed by atoms with Crippen molar-refractivity contribution in [2.24, 2.45) is 0 Å². The average Bonchev–Trinajstić information content (AvgIpc) is 3.13. The number of halogens is 1. The smallest absolute Gasteiger partial charge is 0.407 e. The Morgan fingerprint density at radius 3 is 2.88 bits per heavy atom. The van der Waals surface area contributed by atoms with E-state index in [0.717, 1.165) is 39.8 Å². The molecule has 0 aromatic carbocycles. The van der Waals surface area contributed by atoms with E-state index in [1.165, 1.54) is 0 Å². The molecule has 1 aliphatic rings. The van der Waals surface area contributed by atoms with Crippen molar-refractivity contribution >= 4 is 60.9 Å². The van der Waals surface area contributed by atoms with Crippen molar-refractivity contribution in [1.82, 2.24) is 15.3 Å². The van der Waals surface area contributed by atoms with Crippen molar-refractivity contribution in [3.05, 3.63) is 46.1 Å². The van der Waals surface area contributed by atoms with Gasteiger partial charge in [0.15, 0.2) is 0 Å². The molecule has 1 unspecified atom stereocenters. The Morgan fingerprint density at radius 1 is 1.27 bits per heavy atom. The Labute approximate surface area is 204 Å². The maximum atomic E-state index is 13.0. The second-order valence-electron chi connectivity index (χ2n) is 8.91. The average molecular weight is 532 g/mol. The van der Waals surface area contributed by atoms with Crippen molar-refractivity contribution in [2.75, 3.05) is 23.3 Å². The molecule has 3 aromatic rings. The van der Waals surface area contributed by atoms with Crippen LogP contribution in [0.3, 0.4) is 0 Å². The topological polar surface area (TPSA) is 96.5 Å². The fourth-order valence-corrected chi connectivity index (χ4v) is 5.21. The molecule has 4 heterocycles. The van der Waals surface area contributed by atoms with Gasteiger partial charge in [0.05, 0.1) is 32.3 Å². The van der Waals surface area contributed by atoms with Gasteiger partial charge >= 0.3 is 6.09 Å². The largest absolute Gasteiger partial charge is 0.444 e. The third-order valence-electron chi connectivity index (χ3n) is 5.14. The lowest BCUT2D eigenvalue weighted by Crippen LogP contribution is -2.49. The second kappa shape index (κ2) is 9.64. The lowest BCUT2D eigenvalue weighted by Gasteiger charge is -2.35. The molecule has 0 spiro atoms. The molecule has 10 heteroatoms. The van der Waals surface area contributed by atoms with Gasteiger partial charge in [-0.25, -0.2) is 9.78 Å². The van der Waals surface area contributed by atoms with Crippen molar-refractivity contribution < 1.29 is 14.3 Å². The molecule has 1 atom stereocenters. The molecule has 1 saturated heterocycles. The van der Waals surface area contributed by atoms with Crippen LogP contribution in [0.4, 0.5) is 16.2 Å². The first-order chi connectivity index (χ1) is 15.7. The van der Waals surface area contributed by atoms with Gasteiger partial charge in [-0.3, -0.25) is 9.78 Å². The molecule has 0 bridgehead atoms. The van der Waals surface area contributed by atoms with Gasteiger partial charge in [0.25, 0.3) is 5.91 Å². The third kappa shape index (κ3) is 5.80. The highest BCUT2D eigenvalue weighted by Crippen LogP contribution is 2.30. The number of rotatable bonds is 4. The predicted octanol–water partition coefficient (Wildman–Crippen LogP) is 5.20. The van der Waals surface area contributed by atoms with E-state index in [2.05, 4.69) is 41.4 Å². The summed E-state index contributed by atoms with van der Waals surface area (Å²) in [4.78, 5) is 36.0. The van der Waals surface area contributed by atoms with Gasteiger partial charge in [-0.15, -0.1) is 11.3 Å². The Morgan fingerprint density at radius 2 is 2.09 bits per heavy atom. The molecule has 0 radical (unpaired) electrons. The molecule has 1 aliphatic heterocycles. The highest BCUT2D eigenvalue weighted by molar-refractivity contribution is 9.10. The Kier molecular flexibility index (Phi) is 6.85. The lowest BCUT2D eigenvalue weighted by molar-refractivity contribution is 0.0500. The number of carbonyl (C=O) groups excluding carboxylic acids is 2. The predicted molar refractivity (Wildman–Crippen MR) is 134 cm³/mol. The molecule has 2 N–H and O–H groups in total. The molecule has 0 aliphatic carbocycles. The van der Waals surface area contributed by atoms with Crippen LogP contribution < -0.4 is 15.5 Å². The van der Waals surface area contributed by atoms with E-state index in [1.54, 1.807) is 29.8 Å². The first-order valence-corrected chi connectivity index (χ1v) is 12.4. The summed E-state index contributed by atoms with van der Waals surface area (Å²) < 4.78 is 7.28. The Bertz CT molecular complexity index is 1180. The van der Waals surface area contributed by atoms with Crippen LogP contribution >= 0.6 is 27.3 Å². The van der Waals surface area contributed by atoms with Gasteiger partial charge < -0.3 is 20.3 Å².